The van der Waals surface area contributed by atoms with E-state index in [0.29, 0.717) is 18.8 Å². The van der Waals surface area contributed by atoms with Crippen LogP contribution in [0.15, 0.2) is 24.3 Å². The minimum absolute atomic E-state index is 0.103. The maximum absolute atomic E-state index is 12.3. The summed E-state index contributed by atoms with van der Waals surface area (Å²) in [6.07, 6.45) is 3.98. The highest BCUT2D eigenvalue weighted by Crippen LogP contribution is 2.32. The molecule has 1 atom stereocenters. The number of fused-ring (bicyclic) bond motifs is 1. The Balaban J connectivity index is 1.99. The minimum Gasteiger partial charge on any atom is -0.378 e. The first-order valence-electron chi connectivity index (χ1n) is 6.90. The third kappa shape index (κ3) is 3.20. The van der Waals surface area contributed by atoms with Crippen molar-refractivity contribution in [2.75, 3.05) is 6.61 Å². The molecule has 0 bridgehead atoms. The quantitative estimate of drug-likeness (QED) is 0.795. The van der Waals surface area contributed by atoms with Gasteiger partial charge in [0.25, 0.3) is 0 Å². The maximum Gasteiger partial charge on any atom is 0.142 e. The molecule has 2 nitrogen and oxygen atoms in total. The number of hydrogen-bond donors (Lipinski definition) is 0. The minimum atomic E-state index is 0.103. The Kier molecular flexibility index (Phi) is 4.54. The van der Waals surface area contributed by atoms with E-state index in [1.54, 1.807) is 0 Å². The first kappa shape index (κ1) is 13.3. The molecular weight excluding hydrogens is 224 g/mol. The van der Waals surface area contributed by atoms with Crippen LogP contribution in [0.4, 0.5) is 0 Å². The molecule has 0 spiro atoms. The standard InChI is InChI=1S/C16H22O2/c1-12(2)18-11-10-16(17)15-9-5-7-13-6-3-4-8-14(13)15/h3-4,6,8,12,15H,5,7,9-11H2,1-2H3. The topological polar surface area (TPSA) is 26.3 Å². The van der Waals surface area contributed by atoms with Crippen molar-refractivity contribution in [1.29, 1.82) is 0 Å². The molecule has 0 aliphatic heterocycles. The fraction of sp³-hybridized carbons (Fsp3) is 0.562. The summed E-state index contributed by atoms with van der Waals surface area (Å²) in [5.74, 6) is 0.438. The maximum atomic E-state index is 12.3. The lowest BCUT2D eigenvalue weighted by molar-refractivity contribution is -0.122. The number of ketones is 1. The van der Waals surface area contributed by atoms with E-state index in [9.17, 15) is 4.79 Å². The summed E-state index contributed by atoms with van der Waals surface area (Å²) in [6, 6.07) is 8.36. The molecule has 0 fully saturated rings. The molecule has 0 aromatic heterocycles. The van der Waals surface area contributed by atoms with Crippen LogP contribution in [-0.2, 0) is 16.0 Å². The summed E-state index contributed by atoms with van der Waals surface area (Å²) in [4.78, 5) is 12.3. The highest BCUT2D eigenvalue weighted by atomic mass is 16.5. The second-order valence-corrected chi connectivity index (χ2v) is 5.28. The number of ether oxygens (including phenoxy) is 1. The van der Waals surface area contributed by atoms with Crippen LogP contribution in [0.5, 0.6) is 0 Å². The highest BCUT2D eigenvalue weighted by molar-refractivity contribution is 5.86. The van der Waals surface area contributed by atoms with Gasteiger partial charge in [-0.15, -0.1) is 0 Å². The summed E-state index contributed by atoms with van der Waals surface area (Å²) in [6.45, 7) is 4.55. The molecule has 1 aliphatic rings. The molecule has 0 amide bonds. The summed E-state index contributed by atoms with van der Waals surface area (Å²) in [5.41, 5.74) is 2.60. The molecule has 1 aromatic rings. The van der Waals surface area contributed by atoms with Crippen LogP contribution in [0, 0.1) is 0 Å². The van der Waals surface area contributed by atoms with Crippen molar-refractivity contribution in [3.05, 3.63) is 35.4 Å². The van der Waals surface area contributed by atoms with Gasteiger partial charge in [0.05, 0.1) is 12.7 Å². The fourth-order valence-corrected chi connectivity index (χ4v) is 2.66. The molecule has 1 unspecified atom stereocenters. The van der Waals surface area contributed by atoms with Gasteiger partial charge in [0, 0.05) is 12.3 Å². The number of aryl methyl sites for hydroxylation is 1. The summed E-state index contributed by atoms with van der Waals surface area (Å²) in [5, 5.41) is 0. The number of rotatable bonds is 5. The largest absolute Gasteiger partial charge is 0.378 e. The average Bonchev–Trinajstić information content (AvgIpc) is 2.37. The van der Waals surface area contributed by atoms with Crippen LogP contribution < -0.4 is 0 Å². The normalized spacial score (nSPS) is 18.7. The zero-order valence-corrected chi connectivity index (χ0v) is 11.3. The summed E-state index contributed by atoms with van der Waals surface area (Å²) >= 11 is 0. The van der Waals surface area contributed by atoms with E-state index in [1.807, 2.05) is 19.9 Å². The Morgan fingerprint density at radius 1 is 1.39 bits per heavy atom. The van der Waals surface area contributed by atoms with Gasteiger partial charge in [0.15, 0.2) is 0 Å². The molecule has 0 N–H and O–H groups in total. The van der Waals surface area contributed by atoms with Crippen LogP contribution in [-0.4, -0.2) is 18.5 Å². The Morgan fingerprint density at radius 3 is 2.94 bits per heavy atom. The van der Waals surface area contributed by atoms with Gasteiger partial charge in [0.2, 0.25) is 0 Å². The van der Waals surface area contributed by atoms with Crippen LogP contribution in [0.3, 0.4) is 0 Å². The molecule has 1 aromatic carbocycles. The lowest BCUT2D eigenvalue weighted by atomic mass is 9.80. The van der Waals surface area contributed by atoms with Crippen molar-refractivity contribution >= 4 is 5.78 Å². The van der Waals surface area contributed by atoms with Crippen molar-refractivity contribution in [2.45, 2.75) is 51.6 Å². The predicted octanol–water partition coefficient (Wildman–Crippen LogP) is 3.49. The van der Waals surface area contributed by atoms with Crippen LogP contribution in [0.25, 0.3) is 0 Å². The predicted molar refractivity (Wildman–Crippen MR) is 72.8 cm³/mol. The first-order chi connectivity index (χ1) is 8.68. The molecule has 2 rings (SSSR count). The molecule has 0 saturated carbocycles. The van der Waals surface area contributed by atoms with Crippen LogP contribution in [0.1, 0.15) is 50.2 Å². The highest BCUT2D eigenvalue weighted by Gasteiger charge is 2.25. The van der Waals surface area contributed by atoms with E-state index in [1.165, 1.54) is 11.1 Å². The molecule has 0 saturated heterocycles. The van der Waals surface area contributed by atoms with Crippen molar-refractivity contribution < 1.29 is 9.53 Å². The SMILES string of the molecule is CC(C)OCCC(=O)C1CCCc2ccccc21. The van der Waals surface area contributed by atoms with Crippen molar-refractivity contribution in [3.8, 4) is 0 Å². The van der Waals surface area contributed by atoms with Gasteiger partial charge in [-0.1, -0.05) is 24.3 Å². The first-order valence-corrected chi connectivity index (χ1v) is 6.90. The van der Waals surface area contributed by atoms with Crippen LogP contribution >= 0.6 is 0 Å². The summed E-state index contributed by atoms with van der Waals surface area (Å²) in [7, 11) is 0. The average molecular weight is 246 g/mol. The number of hydrogen-bond acceptors (Lipinski definition) is 2. The van der Waals surface area contributed by atoms with Crippen molar-refractivity contribution in [1.82, 2.24) is 0 Å². The molecular formula is C16H22O2. The monoisotopic (exact) mass is 246 g/mol. The lowest BCUT2D eigenvalue weighted by Gasteiger charge is -2.24. The Labute approximate surface area is 109 Å². The Morgan fingerprint density at radius 2 is 2.17 bits per heavy atom. The second kappa shape index (κ2) is 6.14. The molecule has 0 heterocycles. The third-order valence-corrected chi connectivity index (χ3v) is 3.56. The van der Waals surface area contributed by atoms with Gasteiger partial charge in [-0.2, -0.15) is 0 Å². The van der Waals surface area contributed by atoms with Crippen LogP contribution in [0.2, 0.25) is 0 Å². The molecule has 18 heavy (non-hydrogen) atoms. The van der Waals surface area contributed by atoms with E-state index in [0.717, 1.165) is 19.3 Å². The second-order valence-electron chi connectivity index (χ2n) is 5.28. The van der Waals surface area contributed by atoms with Gasteiger partial charge in [-0.25, -0.2) is 0 Å². The number of carbonyl (C=O) groups excluding carboxylic acids is 1. The van der Waals surface area contributed by atoms with E-state index in [-0.39, 0.29) is 12.0 Å². The van der Waals surface area contributed by atoms with Gasteiger partial charge in [0.1, 0.15) is 5.78 Å². The number of Topliss-reactive ketones (excluding diaryl/α,β-unsaturated/α-hetero) is 1. The third-order valence-electron chi connectivity index (χ3n) is 3.56. The Bertz CT molecular complexity index is 409. The molecule has 2 heteroatoms. The molecule has 98 valence electrons. The van der Waals surface area contributed by atoms with E-state index < -0.39 is 0 Å². The van der Waals surface area contributed by atoms with Gasteiger partial charge >= 0.3 is 0 Å². The fourth-order valence-electron chi connectivity index (χ4n) is 2.66. The van der Waals surface area contributed by atoms with Crippen molar-refractivity contribution in [3.63, 3.8) is 0 Å². The van der Waals surface area contributed by atoms with E-state index in [4.69, 9.17) is 4.74 Å². The van der Waals surface area contributed by atoms with E-state index >= 15 is 0 Å². The van der Waals surface area contributed by atoms with E-state index in [2.05, 4.69) is 18.2 Å². The summed E-state index contributed by atoms with van der Waals surface area (Å²) < 4.78 is 5.47. The van der Waals surface area contributed by atoms with Gasteiger partial charge < -0.3 is 4.74 Å². The zero-order chi connectivity index (χ0) is 13.0. The number of benzene rings is 1. The number of carbonyl (C=O) groups is 1. The zero-order valence-electron chi connectivity index (χ0n) is 11.3. The molecule has 1 aliphatic carbocycles. The molecule has 0 radical (unpaired) electrons. The van der Waals surface area contributed by atoms with Crippen molar-refractivity contribution in [2.24, 2.45) is 0 Å². The Hall–Kier alpha value is -1.15. The van der Waals surface area contributed by atoms with Gasteiger partial charge in [-0.05, 0) is 44.2 Å². The lowest BCUT2D eigenvalue weighted by Crippen LogP contribution is -2.20. The van der Waals surface area contributed by atoms with Gasteiger partial charge in [-0.3, -0.25) is 4.79 Å². The smallest absolute Gasteiger partial charge is 0.142 e.